The van der Waals surface area contributed by atoms with Crippen LogP contribution < -0.4 is 5.73 Å². The monoisotopic (exact) mass is 334 g/mol. The number of unbranched alkanes of at least 4 members (excludes halogenated alkanes) is 1. The molecule has 0 aliphatic carbocycles. The number of hydrogen-bond acceptors (Lipinski definition) is 3. The highest BCUT2D eigenvalue weighted by Crippen LogP contribution is 2.24. The van der Waals surface area contributed by atoms with Crippen molar-refractivity contribution in [2.45, 2.75) is 33.2 Å². The molecule has 0 aliphatic rings. The number of carbonyl (C=O) groups excluding carboxylic acids is 1. The van der Waals surface area contributed by atoms with Crippen molar-refractivity contribution in [2.75, 3.05) is 13.1 Å². The third-order valence-electron chi connectivity index (χ3n) is 3.71. The van der Waals surface area contributed by atoms with E-state index < -0.39 is 0 Å². The molecule has 1 aromatic heterocycles. The van der Waals surface area contributed by atoms with E-state index in [0.717, 1.165) is 36.3 Å². The highest BCUT2D eigenvalue weighted by molar-refractivity contribution is 6.30. The third kappa shape index (κ3) is 4.56. The van der Waals surface area contributed by atoms with Crippen molar-refractivity contribution in [3.8, 4) is 5.69 Å². The first-order chi connectivity index (χ1) is 11.0. The molecule has 0 aliphatic heterocycles. The normalized spacial score (nSPS) is 11.1. The molecule has 0 fully saturated rings. The van der Waals surface area contributed by atoms with Crippen LogP contribution in [0.4, 0.5) is 0 Å². The number of aryl methyl sites for hydroxylation is 1. The fourth-order valence-corrected chi connectivity index (χ4v) is 2.82. The molecule has 2 aromatic rings. The Bertz CT molecular complexity index is 654. The van der Waals surface area contributed by atoms with E-state index in [4.69, 9.17) is 17.3 Å². The molecule has 23 heavy (non-hydrogen) atoms. The van der Waals surface area contributed by atoms with Crippen molar-refractivity contribution in [3.05, 3.63) is 46.7 Å². The molecule has 0 atom stereocenters. The Hall–Kier alpha value is -1.85. The van der Waals surface area contributed by atoms with Crippen LogP contribution in [-0.2, 0) is 11.3 Å². The predicted molar refractivity (Wildman–Crippen MR) is 92.7 cm³/mol. The van der Waals surface area contributed by atoms with Crippen molar-refractivity contribution in [1.29, 1.82) is 0 Å². The number of hydrogen-bond donors (Lipinski definition) is 1. The van der Waals surface area contributed by atoms with Crippen LogP contribution in [0.3, 0.4) is 0 Å². The summed E-state index contributed by atoms with van der Waals surface area (Å²) in [6, 6.07) is 9.76. The Morgan fingerprint density at radius 1 is 1.35 bits per heavy atom. The number of nitrogens with two attached hydrogens (primary N) is 1. The number of rotatable bonds is 8. The molecule has 0 saturated heterocycles. The molecule has 2 rings (SSSR count). The van der Waals surface area contributed by atoms with Crippen LogP contribution in [-0.4, -0.2) is 33.7 Å². The molecular weight excluding hydrogens is 312 g/mol. The summed E-state index contributed by atoms with van der Waals surface area (Å²) < 4.78 is 1.73. The van der Waals surface area contributed by atoms with Gasteiger partial charge in [0, 0.05) is 12.1 Å². The smallest absolute Gasteiger partial charge is 0.231 e. The Labute approximate surface area is 142 Å². The van der Waals surface area contributed by atoms with Gasteiger partial charge in [-0.15, -0.1) is 0 Å². The van der Waals surface area contributed by atoms with Gasteiger partial charge in [-0.3, -0.25) is 9.69 Å². The second-order valence-electron chi connectivity index (χ2n) is 5.63. The van der Waals surface area contributed by atoms with Gasteiger partial charge in [-0.1, -0.05) is 43.1 Å². The predicted octanol–water partition coefficient (Wildman–Crippen LogP) is 2.92. The van der Waals surface area contributed by atoms with E-state index in [-0.39, 0.29) is 12.5 Å². The average molecular weight is 335 g/mol. The summed E-state index contributed by atoms with van der Waals surface area (Å²) in [5.41, 5.74) is 8.08. The van der Waals surface area contributed by atoms with Gasteiger partial charge < -0.3 is 5.73 Å². The first kappa shape index (κ1) is 17.5. The maximum absolute atomic E-state index is 11.3. The number of aromatic nitrogens is 2. The van der Waals surface area contributed by atoms with Crippen molar-refractivity contribution >= 4 is 17.5 Å². The van der Waals surface area contributed by atoms with Crippen molar-refractivity contribution < 1.29 is 4.79 Å². The van der Waals surface area contributed by atoms with Gasteiger partial charge in [0.1, 0.15) is 5.15 Å². The summed E-state index contributed by atoms with van der Waals surface area (Å²) in [6.45, 7) is 5.66. The summed E-state index contributed by atoms with van der Waals surface area (Å²) in [5.74, 6) is -0.328. The Morgan fingerprint density at radius 2 is 2.04 bits per heavy atom. The van der Waals surface area contributed by atoms with Gasteiger partial charge >= 0.3 is 0 Å². The summed E-state index contributed by atoms with van der Waals surface area (Å²) in [6.07, 6.45) is 2.07. The summed E-state index contributed by atoms with van der Waals surface area (Å²) >= 11 is 6.54. The SMILES string of the molecule is CCCCN(CC(N)=O)Cc1c(C)nn(-c2ccccc2)c1Cl. The van der Waals surface area contributed by atoms with Gasteiger partial charge in [0.25, 0.3) is 0 Å². The zero-order valence-corrected chi connectivity index (χ0v) is 14.4. The van der Waals surface area contributed by atoms with Crippen LogP contribution in [0.2, 0.25) is 5.15 Å². The second kappa shape index (κ2) is 8.13. The lowest BCUT2D eigenvalue weighted by Gasteiger charge is -2.20. The Kier molecular flexibility index (Phi) is 6.19. The van der Waals surface area contributed by atoms with E-state index >= 15 is 0 Å². The Morgan fingerprint density at radius 3 is 2.65 bits per heavy atom. The number of carbonyl (C=O) groups is 1. The van der Waals surface area contributed by atoms with Crippen molar-refractivity contribution in [1.82, 2.24) is 14.7 Å². The third-order valence-corrected chi connectivity index (χ3v) is 4.10. The highest BCUT2D eigenvalue weighted by Gasteiger charge is 2.18. The Balaban J connectivity index is 2.24. The lowest BCUT2D eigenvalue weighted by atomic mass is 10.2. The summed E-state index contributed by atoms with van der Waals surface area (Å²) in [5, 5.41) is 5.12. The highest BCUT2D eigenvalue weighted by atomic mass is 35.5. The van der Waals surface area contributed by atoms with Gasteiger partial charge in [-0.05, 0) is 32.0 Å². The minimum atomic E-state index is -0.328. The van der Waals surface area contributed by atoms with E-state index in [1.54, 1.807) is 4.68 Å². The molecule has 1 amide bonds. The number of halogens is 1. The van der Waals surface area contributed by atoms with Crippen molar-refractivity contribution in [3.63, 3.8) is 0 Å². The molecule has 2 N–H and O–H groups in total. The molecule has 0 saturated carbocycles. The lowest BCUT2D eigenvalue weighted by Crippen LogP contribution is -2.34. The van der Waals surface area contributed by atoms with Crippen LogP contribution in [0.5, 0.6) is 0 Å². The number of para-hydroxylation sites is 1. The molecule has 0 unspecified atom stereocenters. The average Bonchev–Trinajstić information content (AvgIpc) is 2.81. The van der Waals surface area contributed by atoms with Crippen LogP contribution in [0.1, 0.15) is 31.0 Å². The number of benzene rings is 1. The van der Waals surface area contributed by atoms with Gasteiger partial charge in [-0.2, -0.15) is 5.10 Å². The molecule has 1 heterocycles. The van der Waals surface area contributed by atoms with E-state index in [1.807, 2.05) is 42.2 Å². The van der Waals surface area contributed by atoms with E-state index in [1.165, 1.54) is 0 Å². The van der Waals surface area contributed by atoms with Crippen LogP contribution >= 0.6 is 11.6 Å². The molecule has 124 valence electrons. The summed E-state index contributed by atoms with van der Waals surface area (Å²) in [4.78, 5) is 13.3. The topological polar surface area (TPSA) is 64.2 Å². The van der Waals surface area contributed by atoms with Gasteiger partial charge in [-0.25, -0.2) is 4.68 Å². The van der Waals surface area contributed by atoms with E-state index in [2.05, 4.69) is 12.0 Å². The number of primary amides is 1. The standard InChI is InChI=1S/C17H23ClN4O/c1-3-4-10-21(12-16(19)23)11-15-13(2)20-22(17(15)18)14-8-6-5-7-9-14/h5-9H,3-4,10-12H2,1-2H3,(H2,19,23). The zero-order valence-electron chi connectivity index (χ0n) is 13.6. The van der Waals surface area contributed by atoms with E-state index in [0.29, 0.717) is 11.7 Å². The largest absolute Gasteiger partial charge is 0.369 e. The fourth-order valence-electron chi connectivity index (χ4n) is 2.49. The van der Waals surface area contributed by atoms with Crippen LogP contribution in [0.15, 0.2) is 30.3 Å². The minimum Gasteiger partial charge on any atom is -0.369 e. The first-order valence-electron chi connectivity index (χ1n) is 7.83. The van der Waals surface area contributed by atoms with Crippen molar-refractivity contribution in [2.24, 2.45) is 5.73 Å². The molecule has 1 aromatic carbocycles. The first-order valence-corrected chi connectivity index (χ1v) is 8.20. The number of nitrogens with zero attached hydrogens (tertiary/aromatic N) is 3. The van der Waals surface area contributed by atoms with Crippen LogP contribution in [0, 0.1) is 6.92 Å². The fraction of sp³-hybridized carbons (Fsp3) is 0.412. The molecule has 0 spiro atoms. The minimum absolute atomic E-state index is 0.228. The molecule has 5 nitrogen and oxygen atoms in total. The maximum Gasteiger partial charge on any atom is 0.231 e. The maximum atomic E-state index is 11.3. The molecule has 0 bridgehead atoms. The summed E-state index contributed by atoms with van der Waals surface area (Å²) in [7, 11) is 0. The van der Waals surface area contributed by atoms with Gasteiger partial charge in [0.05, 0.1) is 17.9 Å². The van der Waals surface area contributed by atoms with Gasteiger partial charge in [0.15, 0.2) is 0 Å². The quantitative estimate of drug-likeness (QED) is 0.807. The second-order valence-corrected chi connectivity index (χ2v) is 5.99. The molecule has 0 radical (unpaired) electrons. The lowest BCUT2D eigenvalue weighted by molar-refractivity contribution is -0.119. The molecule has 6 heteroatoms. The zero-order chi connectivity index (χ0) is 16.8. The molecular formula is C17H23ClN4O. The van der Waals surface area contributed by atoms with Crippen LogP contribution in [0.25, 0.3) is 5.69 Å². The number of amides is 1. The van der Waals surface area contributed by atoms with Gasteiger partial charge in [0.2, 0.25) is 5.91 Å². The van der Waals surface area contributed by atoms with E-state index in [9.17, 15) is 4.79 Å².